The maximum Gasteiger partial charge on any atom is 0.0474 e. The van der Waals surface area contributed by atoms with E-state index in [-0.39, 0.29) is 13.2 Å². The van der Waals surface area contributed by atoms with Gasteiger partial charge in [0.1, 0.15) is 0 Å². The van der Waals surface area contributed by atoms with Crippen LogP contribution < -0.4 is 10.6 Å². The summed E-state index contributed by atoms with van der Waals surface area (Å²) in [4.78, 5) is 0. The third-order valence-corrected chi connectivity index (χ3v) is 4.35. The van der Waals surface area contributed by atoms with Gasteiger partial charge >= 0.3 is 0 Å². The lowest BCUT2D eigenvalue weighted by molar-refractivity contribution is 0.0399. The largest absolute Gasteiger partial charge is 0.396 e. The summed E-state index contributed by atoms with van der Waals surface area (Å²) in [6, 6.07) is 0. The van der Waals surface area contributed by atoms with Gasteiger partial charge in [-0.15, -0.1) is 0 Å². The summed E-state index contributed by atoms with van der Waals surface area (Å²) in [7, 11) is 0. The van der Waals surface area contributed by atoms with Gasteiger partial charge in [-0.25, -0.2) is 0 Å². The van der Waals surface area contributed by atoms with Crippen LogP contribution in [0.1, 0.15) is 12.8 Å². The Morgan fingerprint density at radius 3 is 1.62 bits per heavy atom. The zero-order valence-electron chi connectivity index (χ0n) is 9.86. The lowest BCUT2D eigenvalue weighted by Gasteiger charge is -2.42. The predicted molar refractivity (Wildman–Crippen MR) is 63.1 cm³/mol. The summed E-state index contributed by atoms with van der Waals surface area (Å²) in [5, 5.41) is 25.6. The van der Waals surface area contributed by atoms with E-state index in [0.29, 0.717) is 23.7 Å². The van der Waals surface area contributed by atoms with Gasteiger partial charge in [-0.05, 0) is 49.6 Å². The molecule has 0 spiro atoms. The molecule has 0 aliphatic carbocycles. The number of aliphatic hydroxyl groups is 2. The van der Waals surface area contributed by atoms with Crippen molar-refractivity contribution in [1.82, 2.24) is 10.6 Å². The second-order valence-electron chi connectivity index (χ2n) is 5.20. The summed E-state index contributed by atoms with van der Waals surface area (Å²) in [6.45, 7) is 4.54. The van der Waals surface area contributed by atoms with E-state index in [0.717, 1.165) is 39.0 Å². The molecule has 94 valence electrons. The van der Waals surface area contributed by atoms with Crippen LogP contribution in [0, 0.1) is 23.7 Å². The first kappa shape index (κ1) is 12.3. The molecule has 0 saturated carbocycles. The SMILES string of the molecule is OCC1CNCCC1C1CCNCC1CO. The van der Waals surface area contributed by atoms with Crippen LogP contribution in [0.5, 0.6) is 0 Å². The van der Waals surface area contributed by atoms with Crippen LogP contribution in [0.25, 0.3) is 0 Å². The molecule has 2 fully saturated rings. The number of hydrogen-bond donors (Lipinski definition) is 4. The average Bonchev–Trinajstić information content (AvgIpc) is 2.38. The van der Waals surface area contributed by atoms with Crippen molar-refractivity contribution in [2.45, 2.75) is 12.8 Å². The fourth-order valence-electron chi connectivity index (χ4n) is 3.41. The van der Waals surface area contributed by atoms with E-state index in [2.05, 4.69) is 10.6 Å². The second kappa shape index (κ2) is 5.96. The third-order valence-electron chi connectivity index (χ3n) is 4.35. The van der Waals surface area contributed by atoms with Crippen molar-refractivity contribution in [2.75, 3.05) is 39.4 Å². The predicted octanol–water partition coefficient (Wildman–Crippen LogP) is -0.578. The lowest BCUT2D eigenvalue weighted by Crippen LogP contribution is -2.48. The highest BCUT2D eigenvalue weighted by atomic mass is 16.3. The van der Waals surface area contributed by atoms with Gasteiger partial charge < -0.3 is 20.8 Å². The van der Waals surface area contributed by atoms with Crippen LogP contribution >= 0.6 is 0 Å². The molecule has 2 aliphatic heterocycles. The van der Waals surface area contributed by atoms with Crippen molar-refractivity contribution in [3.8, 4) is 0 Å². The van der Waals surface area contributed by atoms with Gasteiger partial charge in [-0.2, -0.15) is 0 Å². The summed E-state index contributed by atoms with van der Waals surface area (Å²) < 4.78 is 0. The molecule has 0 aromatic carbocycles. The van der Waals surface area contributed by atoms with Gasteiger partial charge in [0.05, 0.1) is 0 Å². The number of hydrogen-bond acceptors (Lipinski definition) is 4. The Bertz CT molecular complexity index is 191. The average molecular weight is 228 g/mol. The lowest BCUT2D eigenvalue weighted by atomic mass is 9.69. The van der Waals surface area contributed by atoms with E-state index in [4.69, 9.17) is 0 Å². The Balaban J connectivity index is 2.01. The molecular formula is C12H24N2O2. The first-order valence-corrected chi connectivity index (χ1v) is 6.50. The summed E-state index contributed by atoms with van der Waals surface area (Å²) in [5.74, 6) is 1.94. The minimum atomic E-state index is 0.278. The molecule has 0 aromatic heterocycles. The molecule has 4 N–H and O–H groups in total. The molecule has 0 amide bonds. The molecular weight excluding hydrogens is 204 g/mol. The Kier molecular flexibility index (Phi) is 4.58. The molecule has 0 radical (unpaired) electrons. The van der Waals surface area contributed by atoms with E-state index < -0.39 is 0 Å². The number of rotatable bonds is 3. The fourth-order valence-corrected chi connectivity index (χ4v) is 3.41. The summed E-state index contributed by atoms with van der Waals surface area (Å²) >= 11 is 0. The van der Waals surface area contributed by atoms with Crippen molar-refractivity contribution in [1.29, 1.82) is 0 Å². The molecule has 2 rings (SSSR count). The first-order valence-electron chi connectivity index (χ1n) is 6.50. The van der Waals surface area contributed by atoms with Gasteiger partial charge in [0.15, 0.2) is 0 Å². The molecule has 2 saturated heterocycles. The van der Waals surface area contributed by atoms with Crippen LogP contribution in [0.4, 0.5) is 0 Å². The normalized spacial score (nSPS) is 40.9. The third kappa shape index (κ3) is 2.56. The molecule has 2 heterocycles. The maximum atomic E-state index is 9.43. The Morgan fingerprint density at radius 2 is 1.25 bits per heavy atom. The number of piperidine rings is 2. The smallest absolute Gasteiger partial charge is 0.0474 e. The molecule has 0 bridgehead atoms. The topological polar surface area (TPSA) is 64.5 Å². The van der Waals surface area contributed by atoms with E-state index in [1.807, 2.05) is 0 Å². The molecule has 16 heavy (non-hydrogen) atoms. The first-order chi connectivity index (χ1) is 7.86. The van der Waals surface area contributed by atoms with E-state index >= 15 is 0 Å². The van der Waals surface area contributed by atoms with Gasteiger partial charge in [-0.1, -0.05) is 0 Å². The molecule has 4 unspecified atom stereocenters. The molecule has 0 aromatic rings. The maximum absolute atomic E-state index is 9.43. The van der Waals surface area contributed by atoms with Crippen molar-refractivity contribution >= 4 is 0 Å². The summed E-state index contributed by atoms with van der Waals surface area (Å²) in [5.41, 5.74) is 0. The van der Waals surface area contributed by atoms with Gasteiger partial charge in [-0.3, -0.25) is 0 Å². The van der Waals surface area contributed by atoms with Crippen LogP contribution in [0.3, 0.4) is 0 Å². The number of aliphatic hydroxyl groups excluding tert-OH is 2. The van der Waals surface area contributed by atoms with Crippen LogP contribution in [-0.2, 0) is 0 Å². The quantitative estimate of drug-likeness (QED) is 0.522. The van der Waals surface area contributed by atoms with Crippen LogP contribution in [0.2, 0.25) is 0 Å². The van der Waals surface area contributed by atoms with Crippen molar-refractivity contribution < 1.29 is 10.2 Å². The monoisotopic (exact) mass is 228 g/mol. The van der Waals surface area contributed by atoms with Crippen molar-refractivity contribution in [2.24, 2.45) is 23.7 Å². The number of nitrogens with one attached hydrogen (secondary N) is 2. The van der Waals surface area contributed by atoms with Crippen molar-refractivity contribution in [3.63, 3.8) is 0 Å². The second-order valence-corrected chi connectivity index (χ2v) is 5.20. The Morgan fingerprint density at radius 1 is 0.812 bits per heavy atom. The van der Waals surface area contributed by atoms with E-state index in [1.54, 1.807) is 0 Å². The Hall–Kier alpha value is -0.160. The molecule has 4 atom stereocenters. The van der Waals surface area contributed by atoms with E-state index in [9.17, 15) is 10.2 Å². The standard InChI is InChI=1S/C12H24N2O2/c15-7-9-5-13-3-1-11(9)12-2-4-14-6-10(12)8-16/h9-16H,1-8H2. The Labute approximate surface area is 97.4 Å². The zero-order chi connectivity index (χ0) is 11.4. The van der Waals surface area contributed by atoms with E-state index in [1.165, 1.54) is 0 Å². The molecule has 4 heteroatoms. The van der Waals surface area contributed by atoms with Crippen molar-refractivity contribution in [3.05, 3.63) is 0 Å². The van der Waals surface area contributed by atoms with Gasteiger partial charge in [0, 0.05) is 26.3 Å². The van der Waals surface area contributed by atoms with Gasteiger partial charge in [0.25, 0.3) is 0 Å². The summed E-state index contributed by atoms with van der Waals surface area (Å²) in [6.07, 6.45) is 2.29. The zero-order valence-corrected chi connectivity index (χ0v) is 9.86. The van der Waals surface area contributed by atoms with Crippen LogP contribution in [-0.4, -0.2) is 49.6 Å². The molecule has 4 nitrogen and oxygen atoms in total. The van der Waals surface area contributed by atoms with Gasteiger partial charge in [0.2, 0.25) is 0 Å². The molecule has 2 aliphatic rings. The van der Waals surface area contributed by atoms with Crippen LogP contribution in [0.15, 0.2) is 0 Å². The highest BCUT2D eigenvalue weighted by molar-refractivity contribution is 4.89. The highest BCUT2D eigenvalue weighted by Crippen LogP contribution is 2.35. The minimum absolute atomic E-state index is 0.278. The fraction of sp³-hybridized carbons (Fsp3) is 1.00. The minimum Gasteiger partial charge on any atom is -0.396 e. The highest BCUT2D eigenvalue weighted by Gasteiger charge is 2.36.